The Kier molecular flexibility index (Phi) is 5.48. The molecule has 2 aromatic rings. The average Bonchev–Trinajstić information content (AvgIpc) is 2.99. The topological polar surface area (TPSA) is 97.6 Å². The summed E-state index contributed by atoms with van der Waals surface area (Å²) < 4.78 is 23.8. The fourth-order valence-electron chi connectivity index (χ4n) is 3.12. The predicted octanol–water partition coefficient (Wildman–Crippen LogP) is 3.08. The van der Waals surface area contributed by atoms with Gasteiger partial charge < -0.3 is 4.90 Å². The minimum atomic E-state index is -3.20. The lowest BCUT2D eigenvalue weighted by atomic mass is 10.1. The molecule has 0 radical (unpaired) electrons. The Balaban J connectivity index is 1.95. The summed E-state index contributed by atoms with van der Waals surface area (Å²) in [4.78, 5) is 25.0. The van der Waals surface area contributed by atoms with E-state index in [0.717, 1.165) is 11.6 Å². The number of carbonyl (C=O) groups is 1. The van der Waals surface area contributed by atoms with E-state index in [4.69, 9.17) is 11.6 Å². The van der Waals surface area contributed by atoms with Gasteiger partial charge in [0.05, 0.1) is 16.4 Å². The zero-order valence-electron chi connectivity index (χ0n) is 14.2. The van der Waals surface area contributed by atoms with Gasteiger partial charge in [0, 0.05) is 24.2 Å². The highest BCUT2D eigenvalue weighted by atomic mass is 35.5. The molecular formula is C18H17ClN2O5S. The van der Waals surface area contributed by atoms with Crippen LogP contribution >= 0.6 is 11.6 Å². The lowest BCUT2D eigenvalue weighted by molar-refractivity contribution is -0.384. The molecule has 0 spiro atoms. The van der Waals surface area contributed by atoms with Crippen molar-refractivity contribution in [2.24, 2.45) is 0 Å². The van der Waals surface area contributed by atoms with Crippen molar-refractivity contribution in [3.63, 3.8) is 0 Å². The van der Waals surface area contributed by atoms with Crippen LogP contribution in [0.4, 0.5) is 5.69 Å². The Labute approximate surface area is 161 Å². The van der Waals surface area contributed by atoms with E-state index in [1.54, 1.807) is 0 Å². The third-order valence-corrected chi connectivity index (χ3v) is 6.57. The Bertz CT molecular complexity index is 979. The van der Waals surface area contributed by atoms with Gasteiger partial charge in [-0.05, 0) is 24.1 Å². The van der Waals surface area contributed by atoms with E-state index < -0.39 is 26.7 Å². The molecule has 1 aliphatic rings. The molecule has 27 heavy (non-hydrogen) atoms. The second-order valence-electron chi connectivity index (χ2n) is 6.40. The van der Waals surface area contributed by atoms with Gasteiger partial charge in [-0.1, -0.05) is 41.9 Å². The van der Waals surface area contributed by atoms with Crippen molar-refractivity contribution < 1.29 is 18.1 Å². The van der Waals surface area contributed by atoms with Crippen LogP contribution in [0.15, 0.2) is 48.5 Å². The quantitative estimate of drug-likeness (QED) is 0.559. The van der Waals surface area contributed by atoms with Crippen LogP contribution < -0.4 is 0 Å². The second kappa shape index (κ2) is 7.66. The van der Waals surface area contributed by atoms with Gasteiger partial charge in [-0.2, -0.15) is 0 Å². The lowest BCUT2D eigenvalue weighted by Gasteiger charge is -2.28. The monoisotopic (exact) mass is 408 g/mol. The van der Waals surface area contributed by atoms with Crippen LogP contribution in [0.2, 0.25) is 5.02 Å². The molecule has 0 N–H and O–H groups in total. The van der Waals surface area contributed by atoms with Crippen LogP contribution in [0.3, 0.4) is 0 Å². The lowest BCUT2D eigenvalue weighted by Crippen LogP contribution is -2.40. The number of hydrogen-bond donors (Lipinski definition) is 0. The van der Waals surface area contributed by atoms with E-state index >= 15 is 0 Å². The van der Waals surface area contributed by atoms with E-state index in [1.807, 2.05) is 30.3 Å². The molecule has 1 atom stereocenters. The highest BCUT2D eigenvalue weighted by Crippen LogP contribution is 2.28. The van der Waals surface area contributed by atoms with E-state index in [1.165, 1.54) is 17.0 Å². The third-order valence-electron chi connectivity index (χ3n) is 4.50. The molecule has 3 rings (SSSR count). The van der Waals surface area contributed by atoms with Gasteiger partial charge >= 0.3 is 0 Å². The Morgan fingerprint density at radius 2 is 1.93 bits per heavy atom. The normalized spacial score (nSPS) is 18.2. The molecule has 9 heteroatoms. The van der Waals surface area contributed by atoms with Crippen molar-refractivity contribution in [3.05, 3.63) is 74.8 Å². The standard InChI is InChI=1S/C18H17ClN2O5S/c19-16-7-6-14(10-17(16)21(23)24)18(22)20(11-13-4-2-1-3-5-13)15-8-9-27(25,26)12-15/h1-7,10,15H,8-9,11-12H2/t15-/m1/s1. The fourth-order valence-corrected chi connectivity index (χ4v) is 5.04. The zero-order chi connectivity index (χ0) is 19.6. The summed E-state index contributed by atoms with van der Waals surface area (Å²) >= 11 is 5.82. The number of benzene rings is 2. The molecule has 142 valence electrons. The minimum Gasteiger partial charge on any atom is -0.330 e. The van der Waals surface area contributed by atoms with Crippen molar-refractivity contribution >= 4 is 33.0 Å². The number of nitro benzene ring substituents is 1. The van der Waals surface area contributed by atoms with E-state index in [0.29, 0.717) is 6.42 Å². The first-order chi connectivity index (χ1) is 12.8. The summed E-state index contributed by atoms with van der Waals surface area (Å²) in [5.41, 5.74) is 0.589. The maximum Gasteiger partial charge on any atom is 0.288 e. The zero-order valence-corrected chi connectivity index (χ0v) is 15.8. The van der Waals surface area contributed by atoms with Gasteiger partial charge in [0.2, 0.25) is 0 Å². The molecule has 1 amide bonds. The Morgan fingerprint density at radius 3 is 2.52 bits per heavy atom. The van der Waals surface area contributed by atoms with Gasteiger partial charge in [0.1, 0.15) is 5.02 Å². The number of carbonyl (C=O) groups excluding carboxylic acids is 1. The first kappa shape index (κ1) is 19.3. The fraction of sp³-hybridized carbons (Fsp3) is 0.278. The van der Waals surface area contributed by atoms with Crippen LogP contribution in [-0.4, -0.2) is 41.7 Å². The van der Waals surface area contributed by atoms with E-state index in [2.05, 4.69) is 0 Å². The summed E-state index contributed by atoms with van der Waals surface area (Å²) in [6.07, 6.45) is 0.344. The van der Waals surface area contributed by atoms with Gasteiger partial charge in [-0.15, -0.1) is 0 Å². The van der Waals surface area contributed by atoms with Crippen LogP contribution in [0, 0.1) is 10.1 Å². The Hall–Kier alpha value is -2.45. The first-order valence-corrected chi connectivity index (χ1v) is 10.5. The van der Waals surface area contributed by atoms with Crippen molar-refractivity contribution in [1.82, 2.24) is 4.90 Å². The minimum absolute atomic E-state index is 0.0248. The molecule has 0 aliphatic carbocycles. The molecular weight excluding hydrogens is 392 g/mol. The number of halogens is 1. The van der Waals surface area contributed by atoms with Gasteiger partial charge in [-0.25, -0.2) is 8.42 Å². The highest BCUT2D eigenvalue weighted by Gasteiger charge is 2.35. The molecule has 1 saturated heterocycles. The number of nitro groups is 1. The van der Waals surface area contributed by atoms with Crippen molar-refractivity contribution in [2.75, 3.05) is 11.5 Å². The number of amides is 1. The largest absolute Gasteiger partial charge is 0.330 e. The summed E-state index contributed by atoms with van der Waals surface area (Å²) in [5.74, 6) is -0.543. The molecule has 1 aliphatic heterocycles. The number of rotatable bonds is 5. The summed E-state index contributed by atoms with van der Waals surface area (Å²) in [5, 5.41) is 11.1. The molecule has 1 heterocycles. The van der Waals surface area contributed by atoms with Crippen LogP contribution in [0.25, 0.3) is 0 Å². The molecule has 0 bridgehead atoms. The van der Waals surface area contributed by atoms with Gasteiger partial charge in [0.15, 0.2) is 9.84 Å². The summed E-state index contributed by atoms with van der Waals surface area (Å²) in [6, 6.07) is 12.6. The number of hydrogen-bond acceptors (Lipinski definition) is 5. The maximum atomic E-state index is 13.1. The second-order valence-corrected chi connectivity index (χ2v) is 9.03. The average molecular weight is 409 g/mol. The molecule has 0 saturated carbocycles. The van der Waals surface area contributed by atoms with Crippen molar-refractivity contribution in [2.45, 2.75) is 19.0 Å². The van der Waals surface area contributed by atoms with Gasteiger partial charge in [-0.3, -0.25) is 14.9 Å². The molecule has 7 nitrogen and oxygen atoms in total. The highest BCUT2D eigenvalue weighted by molar-refractivity contribution is 7.91. The van der Waals surface area contributed by atoms with Crippen molar-refractivity contribution in [1.29, 1.82) is 0 Å². The molecule has 2 aromatic carbocycles. The van der Waals surface area contributed by atoms with Gasteiger partial charge in [0.25, 0.3) is 11.6 Å². The van der Waals surface area contributed by atoms with Crippen molar-refractivity contribution in [3.8, 4) is 0 Å². The van der Waals surface area contributed by atoms with Crippen LogP contribution in [0.1, 0.15) is 22.3 Å². The smallest absolute Gasteiger partial charge is 0.288 e. The van der Waals surface area contributed by atoms with E-state index in [-0.39, 0.29) is 34.3 Å². The first-order valence-electron chi connectivity index (χ1n) is 8.26. The summed E-state index contributed by atoms with van der Waals surface area (Å²) in [6.45, 7) is 0.219. The predicted molar refractivity (Wildman–Crippen MR) is 101 cm³/mol. The third kappa shape index (κ3) is 4.45. The van der Waals surface area contributed by atoms with E-state index in [9.17, 15) is 23.3 Å². The number of nitrogens with zero attached hydrogens (tertiary/aromatic N) is 2. The Morgan fingerprint density at radius 1 is 1.22 bits per heavy atom. The molecule has 0 aromatic heterocycles. The SMILES string of the molecule is O=C(c1ccc(Cl)c([N+](=O)[O-])c1)N(Cc1ccccc1)[C@@H]1CCS(=O)(=O)C1. The van der Waals surface area contributed by atoms with Crippen LogP contribution in [-0.2, 0) is 16.4 Å². The maximum absolute atomic E-state index is 13.1. The summed E-state index contributed by atoms with van der Waals surface area (Å²) in [7, 11) is -3.20. The number of sulfone groups is 1. The van der Waals surface area contributed by atoms with Crippen LogP contribution in [0.5, 0.6) is 0 Å². The molecule has 0 unspecified atom stereocenters. The molecule has 1 fully saturated rings.